The molecule has 0 aliphatic heterocycles. The van der Waals surface area contributed by atoms with Crippen LogP contribution >= 0.6 is 0 Å². The summed E-state index contributed by atoms with van der Waals surface area (Å²) >= 11 is 0. The Bertz CT molecular complexity index is 452. The van der Waals surface area contributed by atoms with Crippen LogP contribution in [-0.2, 0) is 19.5 Å². The third kappa shape index (κ3) is 67.8. The summed E-state index contributed by atoms with van der Waals surface area (Å²) in [5.74, 6) is 0. The zero-order chi connectivity index (χ0) is 26.7. The summed E-state index contributed by atoms with van der Waals surface area (Å²) in [6.07, 6.45) is 0. The molecule has 0 fully saturated rings. The summed E-state index contributed by atoms with van der Waals surface area (Å²) in [5, 5.41) is 0. The predicted octanol–water partition coefficient (Wildman–Crippen LogP) is 4.50. The first-order chi connectivity index (χ1) is 13.6. The Hall–Kier alpha value is 4.43. The summed E-state index contributed by atoms with van der Waals surface area (Å²) in [6, 6.07) is 10.0. The van der Waals surface area contributed by atoms with Crippen molar-refractivity contribution in [1.82, 2.24) is 0 Å². The summed E-state index contributed by atoms with van der Waals surface area (Å²) in [5.41, 5.74) is 0. The van der Waals surface area contributed by atoms with Crippen LogP contribution in [0.1, 0.15) is 0 Å². The smallest absolute Gasteiger partial charge is 0.668 e. The second kappa shape index (κ2) is 23.0. The number of hydrogen-bond acceptors (Lipinski definition) is 0. The molecule has 12 heteroatoms. The molecule has 3 nitrogen and oxygen atoms in total. The monoisotopic (exact) mass is 687 g/mol. The van der Waals surface area contributed by atoms with Gasteiger partial charge in [0.15, 0.2) is 0 Å². The predicted molar refractivity (Wildman–Crippen MR) is 172 cm³/mol. The average molecular weight is 690 g/mol. The van der Waals surface area contributed by atoms with Gasteiger partial charge < -0.3 is 13.9 Å². The van der Waals surface area contributed by atoms with E-state index in [0.29, 0.717) is 0 Å². The molecule has 0 N–H and O–H groups in total. The molecule has 1 rings (SSSR count). The van der Waals surface area contributed by atoms with Crippen molar-refractivity contribution in [2.75, 3.05) is 0 Å². The molecule has 0 aliphatic carbocycles. The minimum absolute atomic E-state index is 0. The third-order valence-corrected chi connectivity index (χ3v) is 18.7. The fourth-order valence-corrected chi connectivity index (χ4v) is 27.5. The van der Waals surface area contributed by atoms with Crippen LogP contribution in [0.3, 0.4) is 0 Å². The Morgan fingerprint density at radius 1 is 0.371 bits per heavy atom. The summed E-state index contributed by atoms with van der Waals surface area (Å²) < 4.78 is 14.5. The second-order valence-electron chi connectivity index (χ2n) is 14.3. The Kier molecular flexibility index (Phi) is 34.2. The van der Waals surface area contributed by atoms with Crippen molar-refractivity contribution < 1.29 is 122 Å². The number of nitrogens with zero attached hydrogens (tertiary/aromatic N) is 3. The van der Waals surface area contributed by atoms with Crippen LogP contribution in [0.2, 0.25) is 118 Å². The van der Waals surface area contributed by atoms with Crippen LogP contribution < -0.4 is 103 Å². The minimum Gasteiger partial charge on any atom is -0.668 e. The van der Waals surface area contributed by atoms with E-state index in [1.54, 1.807) is 0 Å². The van der Waals surface area contributed by atoms with Gasteiger partial charge in [-0.2, -0.15) is 18.2 Å². The van der Waals surface area contributed by atoms with Crippen LogP contribution in [0.5, 0.6) is 0 Å². The van der Waals surface area contributed by atoms with Gasteiger partial charge in [0.1, 0.15) is 0 Å². The van der Waals surface area contributed by atoms with Gasteiger partial charge >= 0.3 is 122 Å². The van der Waals surface area contributed by atoms with Crippen molar-refractivity contribution in [3.63, 3.8) is 0 Å². The second-order valence-corrected chi connectivity index (χ2v) is 43.1. The van der Waals surface area contributed by atoms with Crippen molar-refractivity contribution >= 4 is 49.4 Å². The first kappa shape index (κ1) is 52.1. The number of rotatable bonds is 6. The fourth-order valence-electron chi connectivity index (χ4n) is 3.34. The van der Waals surface area contributed by atoms with Crippen LogP contribution in [0.4, 0.5) is 0 Å². The van der Waals surface area contributed by atoms with E-state index >= 15 is 0 Å². The van der Waals surface area contributed by atoms with E-state index in [9.17, 15) is 0 Å². The maximum absolute atomic E-state index is 4.82. The van der Waals surface area contributed by atoms with Gasteiger partial charge in [-0.3, -0.25) is 0 Å². The Labute approximate surface area is 327 Å². The quantitative estimate of drug-likeness (QED) is 0.312. The molecule has 0 unspecified atom stereocenters. The van der Waals surface area contributed by atoms with E-state index in [1.165, 1.54) is 0 Å². The molecule has 194 valence electrons. The SMILES string of the molecule is C[Si](C)(C)[N-][Si](C)(C)C.C[Si](C)(C)[N-][Si](C)(C)C.C[Si](C)(C)[N-][Si](C)(C)C.[K+].[K+].[Zn+2].c1cc[cH-]c1. The Balaban J connectivity index is -0.0000000790. The van der Waals surface area contributed by atoms with Gasteiger partial charge in [0.05, 0.1) is 0 Å². The Morgan fingerprint density at radius 2 is 0.514 bits per heavy atom. The molecule has 0 aliphatic rings. The molecule has 0 heterocycles. The van der Waals surface area contributed by atoms with Crippen molar-refractivity contribution in [1.29, 1.82) is 0 Å². The summed E-state index contributed by atoms with van der Waals surface area (Å²) in [6.45, 7) is 41.3. The van der Waals surface area contributed by atoms with Gasteiger partial charge in [0, 0.05) is 0 Å². The van der Waals surface area contributed by atoms with Crippen molar-refractivity contribution in [2.24, 2.45) is 0 Å². The van der Waals surface area contributed by atoms with E-state index in [4.69, 9.17) is 13.9 Å². The standard InChI is InChI=1S/3C6H18NSi2.C5H5.2K.Zn/c3*1-8(2,3)7-9(4,5)6;1-2-4-5-3-1;;;/h3*1-6H3;1-5H;;;/q4*-1;2*+1;+2. The fraction of sp³-hybridized carbons (Fsp3) is 0.783. The molecule has 0 amide bonds. The Morgan fingerprint density at radius 3 is 0.543 bits per heavy atom. The molecule has 0 aromatic heterocycles. The molecule has 0 spiro atoms. The van der Waals surface area contributed by atoms with E-state index in [-0.39, 0.29) is 122 Å². The normalized spacial score (nSPS) is 11.9. The molecule has 0 saturated heterocycles. The molecule has 1 aromatic rings. The largest absolute Gasteiger partial charge is 2.00 e. The molecular weight excluding hydrogens is 630 g/mol. The van der Waals surface area contributed by atoms with E-state index in [0.717, 1.165) is 0 Å². The summed E-state index contributed by atoms with van der Waals surface area (Å²) in [4.78, 5) is 0. The van der Waals surface area contributed by atoms with Crippen molar-refractivity contribution in [2.45, 2.75) is 118 Å². The van der Waals surface area contributed by atoms with Crippen LogP contribution in [0.25, 0.3) is 13.9 Å². The summed E-state index contributed by atoms with van der Waals surface area (Å²) in [7, 11) is -6.64. The van der Waals surface area contributed by atoms with E-state index in [1.807, 2.05) is 30.3 Å². The zero-order valence-corrected chi connectivity index (χ0v) is 43.1. The van der Waals surface area contributed by atoms with Gasteiger partial charge in [-0.25, -0.2) is 12.1 Å². The van der Waals surface area contributed by atoms with Crippen LogP contribution in [0, 0.1) is 0 Å². The molecule has 0 atom stereocenters. The van der Waals surface area contributed by atoms with Gasteiger partial charge in [-0.1, -0.05) is 167 Å². The molecule has 0 saturated carbocycles. The first-order valence-electron chi connectivity index (χ1n) is 12.0. The zero-order valence-electron chi connectivity index (χ0n) is 27.9. The van der Waals surface area contributed by atoms with Crippen LogP contribution in [0.15, 0.2) is 30.3 Å². The molecule has 0 bridgehead atoms. The molecular formula is C23H59K2N3Si6Zn. The molecule has 35 heavy (non-hydrogen) atoms. The maximum Gasteiger partial charge on any atom is 2.00 e. The third-order valence-electron chi connectivity index (χ3n) is 2.57. The molecule has 0 radical (unpaired) electrons. The van der Waals surface area contributed by atoms with Gasteiger partial charge in [0.2, 0.25) is 0 Å². The van der Waals surface area contributed by atoms with E-state index < -0.39 is 49.4 Å². The number of hydrogen-bond donors (Lipinski definition) is 0. The first-order valence-corrected chi connectivity index (χ1v) is 32.7. The topological polar surface area (TPSA) is 42.3 Å². The van der Waals surface area contributed by atoms with Gasteiger partial charge in [0.25, 0.3) is 0 Å². The van der Waals surface area contributed by atoms with E-state index in [2.05, 4.69) is 118 Å². The minimum atomic E-state index is -1.11. The van der Waals surface area contributed by atoms with Crippen molar-refractivity contribution in [3.05, 3.63) is 44.3 Å². The van der Waals surface area contributed by atoms with Gasteiger partial charge in [-0.15, -0.1) is 0 Å². The maximum atomic E-state index is 4.82. The molecule has 1 aromatic carbocycles. The van der Waals surface area contributed by atoms with Crippen LogP contribution in [-0.4, -0.2) is 49.4 Å². The average Bonchev–Trinajstić information content (AvgIpc) is 2.82. The van der Waals surface area contributed by atoms with Crippen molar-refractivity contribution in [3.8, 4) is 0 Å². The van der Waals surface area contributed by atoms with Gasteiger partial charge in [-0.05, 0) is 0 Å².